The molecule has 0 bridgehead atoms. The van der Waals surface area contributed by atoms with Gasteiger partial charge in [0, 0.05) is 22.6 Å². The highest BCUT2D eigenvalue weighted by atomic mass is 79.9. The molecule has 0 saturated carbocycles. The summed E-state index contributed by atoms with van der Waals surface area (Å²) in [6.07, 6.45) is 0. The molecule has 0 amide bonds. The van der Waals surface area contributed by atoms with E-state index in [1.54, 1.807) is 0 Å². The number of nitrogens with zero attached hydrogens (tertiary/aromatic N) is 5. The van der Waals surface area contributed by atoms with Crippen LogP contribution in [-0.4, -0.2) is 25.0 Å². The van der Waals surface area contributed by atoms with Crippen molar-refractivity contribution in [2.75, 3.05) is 0 Å². The number of benzene rings is 2. The molecule has 4 aromatic rings. The first kappa shape index (κ1) is 17.9. The van der Waals surface area contributed by atoms with Crippen molar-refractivity contribution >= 4 is 27.7 Å². The van der Waals surface area contributed by atoms with E-state index in [9.17, 15) is 0 Å². The zero-order valence-corrected chi connectivity index (χ0v) is 17.2. The smallest absolute Gasteiger partial charge is 0.247 e. The third-order valence-electron chi connectivity index (χ3n) is 4.03. The molecule has 0 aliphatic carbocycles. The Balaban J connectivity index is 1.46. The van der Waals surface area contributed by atoms with Gasteiger partial charge in [-0.1, -0.05) is 57.5 Å². The summed E-state index contributed by atoms with van der Waals surface area (Å²) in [4.78, 5) is 0. The van der Waals surface area contributed by atoms with Crippen molar-refractivity contribution in [3.8, 4) is 22.8 Å². The van der Waals surface area contributed by atoms with E-state index in [1.165, 1.54) is 17.3 Å². The minimum atomic E-state index is 0.511. The van der Waals surface area contributed by atoms with Gasteiger partial charge in [0.1, 0.15) is 0 Å². The van der Waals surface area contributed by atoms with E-state index in [1.807, 2.05) is 35.9 Å². The van der Waals surface area contributed by atoms with Gasteiger partial charge in [0.25, 0.3) is 0 Å². The number of rotatable bonds is 5. The standard InChI is InChI=1S/C19H16BrN5OS/c1-12-3-5-13(6-4-12)17-22-24-19(25(17)2)27-11-16-21-23-18(26-16)14-7-9-15(20)10-8-14/h3-10H,11H2,1-2H3. The number of thioether (sulfide) groups is 1. The highest BCUT2D eigenvalue weighted by Crippen LogP contribution is 2.26. The lowest BCUT2D eigenvalue weighted by atomic mass is 10.1. The van der Waals surface area contributed by atoms with Gasteiger partial charge in [0.15, 0.2) is 11.0 Å². The zero-order valence-electron chi connectivity index (χ0n) is 14.8. The Morgan fingerprint density at radius 3 is 2.37 bits per heavy atom. The summed E-state index contributed by atoms with van der Waals surface area (Å²) in [5, 5.41) is 17.6. The zero-order chi connectivity index (χ0) is 18.8. The highest BCUT2D eigenvalue weighted by Gasteiger charge is 2.14. The molecule has 0 spiro atoms. The van der Waals surface area contributed by atoms with Gasteiger partial charge in [-0.25, -0.2) is 0 Å². The summed E-state index contributed by atoms with van der Waals surface area (Å²) in [6.45, 7) is 2.06. The number of aryl methyl sites for hydroxylation is 1. The van der Waals surface area contributed by atoms with Gasteiger partial charge < -0.3 is 8.98 Å². The Hall–Kier alpha value is -2.45. The van der Waals surface area contributed by atoms with Crippen LogP contribution in [0.3, 0.4) is 0 Å². The summed E-state index contributed by atoms with van der Waals surface area (Å²) in [6, 6.07) is 16.0. The maximum Gasteiger partial charge on any atom is 0.247 e. The third-order valence-corrected chi connectivity index (χ3v) is 5.56. The molecule has 8 heteroatoms. The van der Waals surface area contributed by atoms with Gasteiger partial charge in [-0.2, -0.15) is 0 Å². The van der Waals surface area contributed by atoms with E-state index in [0.717, 1.165) is 26.6 Å². The minimum absolute atomic E-state index is 0.511. The lowest BCUT2D eigenvalue weighted by Gasteiger charge is -2.03. The molecule has 2 aromatic heterocycles. The quantitative estimate of drug-likeness (QED) is 0.410. The minimum Gasteiger partial charge on any atom is -0.420 e. The predicted molar refractivity (Wildman–Crippen MR) is 108 cm³/mol. The Kier molecular flexibility index (Phi) is 5.09. The van der Waals surface area contributed by atoms with E-state index in [4.69, 9.17) is 4.42 Å². The molecule has 0 unspecified atom stereocenters. The van der Waals surface area contributed by atoms with E-state index in [0.29, 0.717) is 17.5 Å². The van der Waals surface area contributed by atoms with Crippen LogP contribution in [0.5, 0.6) is 0 Å². The number of halogens is 1. The van der Waals surface area contributed by atoms with E-state index in [-0.39, 0.29) is 0 Å². The number of aromatic nitrogens is 5. The Morgan fingerprint density at radius 2 is 1.63 bits per heavy atom. The fraction of sp³-hybridized carbons (Fsp3) is 0.158. The van der Waals surface area contributed by atoms with Crippen molar-refractivity contribution in [1.82, 2.24) is 25.0 Å². The Morgan fingerprint density at radius 1 is 0.926 bits per heavy atom. The van der Waals surface area contributed by atoms with E-state index in [2.05, 4.69) is 67.5 Å². The number of hydrogen-bond acceptors (Lipinski definition) is 6. The number of hydrogen-bond donors (Lipinski definition) is 0. The first-order valence-electron chi connectivity index (χ1n) is 8.28. The SMILES string of the molecule is Cc1ccc(-c2nnc(SCc3nnc(-c4ccc(Br)cc4)o3)n2C)cc1. The normalized spacial score (nSPS) is 11.1. The summed E-state index contributed by atoms with van der Waals surface area (Å²) in [5.41, 5.74) is 3.15. The molecule has 6 nitrogen and oxygen atoms in total. The molecule has 4 rings (SSSR count). The molecule has 2 heterocycles. The molecular weight excluding hydrogens is 426 g/mol. The van der Waals surface area contributed by atoms with Crippen molar-refractivity contribution in [2.24, 2.45) is 7.05 Å². The maximum absolute atomic E-state index is 5.76. The molecule has 0 saturated heterocycles. The van der Waals surface area contributed by atoms with Crippen molar-refractivity contribution in [3.63, 3.8) is 0 Å². The predicted octanol–water partition coefficient (Wildman–Crippen LogP) is 4.90. The third kappa shape index (κ3) is 3.96. The van der Waals surface area contributed by atoms with Gasteiger partial charge in [0.2, 0.25) is 11.8 Å². The molecule has 27 heavy (non-hydrogen) atoms. The van der Waals surface area contributed by atoms with Crippen molar-refractivity contribution in [2.45, 2.75) is 17.8 Å². The molecule has 0 fully saturated rings. The van der Waals surface area contributed by atoms with Gasteiger partial charge in [-0.15, -0.1) is 20.4 Å². The molecule has 0 aliphatic rings. The van der Waals surface area contributed by atoms with Crippen LogP contribution in [0, 0.1) is 6.92 Å². The molecular formula is C19H16BrN5OS. The molecule has 0 aliphatic heterocycles. The molecule has 2 aromatic carbocycles. The molecule has 0 N–H and O–H groups in total. The average molecular weight is 442 g/mol. The first-order valence-corrected chi connectivity index (χ1v) is 10.1. The first-order chi connectivity index (χ1) is 13.1. The summed E-state index contributed by atoms with van der Waals surface area (Å²) in [5.74, 6) is 2.43. The van der Waals surface area contributed by atoms with Crippen molar-refractivity contribution in [1.29, 1.82) is 0 Å². The highest BCUT2D eigenvalue weighted by molar-refractivity contribution is 9.10. The fourth-order valence-corrected chi connectivity index (χ4v) is 3.55. The van der Waals surface area contributed by atoms with Crippen LogP contribution >= 0.6 is 27.7 Å². The lowest BCUT2D eigenvalue weighted by Crippen LogP contribution is -1.95. The Labute approximate surface area is 169 Å². The summed E-state index contributed by atoms with van der Waals surface area (Å²) >= 11 is 4.93. The van der Waals surface area contributed by atoms with E-state index >= 15 is 0 Å². The van der Waals surface area contributed by atoms with Gasteiger partial charge in [-0.05, 0) is 31.2 Å². The van der Waals surface area contributed by atoms with Crippen LogP contribution in [0.25, 0.3) is 22.8 Å². The summed E-state index contributed by atoms with van der Waals surface area (Å²) < 4.78 is 8.74. The maximum atomic E-state index is 5.76. The van der Waals surface area contributed by atoms with Gasteiger partial charge >= 0.3 is 0 Å². The van der Waals surface area contributed by atoms with Gasteiger partial charge in [-0.3, -0.25) is 0 Å². The van der Waals surface area contributed by atoms with Crippen LogP contribution in [-0.2, 0) is 12.8 Å². The Bertz CT molecular complexity index is 1060. The second-order valence-electron chi connectivity index (χ2n) is 6.03. The van der Waals surface area contributed by atoms with Crippen LogP contribution in [0.4, 0.5) is 0 Å². The molecule has 136 valence electrons. The van der Waals surface area contributed by atoms with Crippen LogP contribution < -0.4 is 0 Å². The second kappa shape index (κ2) is 7.66. The fourth-order valence-electron chi connectivity index (χ4n) is 2.54. The monoisotopic (exact) mass is 441 g/mol. The van der Waals surface area contributed by atoms with Crippen LogP contribution in [0.1, 0.15) is 11.5 Å². The topological polar surface area (TPSA) is 69.6 Å². The molecule has 0 atom stereocenters. The second-order valence-corrected chi connectivity index (χ2v) is 7.89. The summed E-state index contributed by atoms with van der Waals surface area (Å²) in [7, 11) is 1.96. The van der Waals surface area contributed by atoms with Crippen LogP contribution in [0.2, 0.25) is 0 Å². The van der Waals surface area contributed by atoms with Gasteiger partial charge in [0.05, 0.1) is 5.75 Å². The van der Waals surface area contributed by atoms with Crippen molar-refractivity contribution in [3.05, 3.63) is 64.5 Å². The van der Waals surface area contributed by atoms with Crippen molar-refractivity contribution < 1.29 is 4.42 Å². The lowest BCUT2D eigenvalue weighted by molar-refractivity contribution is 0.528. The van der Waals surface area contributed by atoms with E-state index < -0.39 is 0 Å². The average Bonchev–Trinajstić information content (AvgIpc) is 3.28. The molecule has 0 radical (unpaired) electrons. The largest absolute Gasteiger partial charge is 0.420 e. The van der Waals surface area contributed by atoms with Crippen LogP contribution in [0.15, 0.2) is 62.6 Å².